The summed E-state index contributed by atoms with van der Waals surface area (Å²) in [6.07, 6.45) is 0. The number of anilines is 1. The van der Waals surface area contributed by atoms with E-state index in [1.807, 2.05) is 0 Å². The summed E-state index contributed by atoms with van der Waals surface area (Å²) in [4.78, 5) is 24.8. The van der Waals surface area contributed by atoms with Gasteiger partial charge in [0.05, 0.1) is 10.7 Å². The molecule has 0 spiro atoms. The van der Waals surface area contributed by atoms with E-state index in [0.29, 0.717) is 57.3 Å². The first-order chi connectivity index (χ1) is 15.0. The zero-order valence-corrected chi connectivity index (χ0v) is 17.7. The zero-order valence-electron chi connectivity index (χ0n) is 16.2. The lowest BCUT2D eigenvalue weighted by atomic mass is 10.0. The van der Waals surface area contributed by atoms with Gasteiger partial charge >= 0.3 is 0 Å². The van der Waals surface area contributed by atoms with Crippen molar-refractivity contribution in [2.45, 2.75) is 0 Å². The number of rotatable bonds is 6. The first-order valence-electron chi connectivity index (χ1n) is 9.42. The summed E-state index contributed by atoms with van der Waals surface area (Å²) in [5.74, 6) is 0.997. The predicted molar refractivity (Wildman–Crippen MR) is 118 cm³/mol. The van der Waals surface area contributed by atoms with Gasteiger partial charge in [-0.15, -0.1) is 0 Å². The van der Waals surface area contributed by atoms with E-state index >= 15 is 0 Å². The highest BCUT2D eigenvalue weighted by atomic mass is 35.5. The number of ether oxygens (including phenoxy) is 3. The Morgan fingerprint density at radius 1 is 0.871 bits per heavy atom. The molecule has 0 saturated carbocycles. The number of carbonyl (C=O) groups excluding carboxylic acids is 2. The fourth-order valence-electron chi connectivity index (χ4n) is 2.97. The third kappa shape index (κ3) is 5.10. The average Bonchev–Trinajstić information content (AvgIpc) is 2.78. The molecule has 0 saturated heterocycles. The number of benzene rings is 3. The number of hydrogen-bond donors (Lipinski definition) is 1. The fourth-order valence-corrected chi connectivity index (χ4v) is 3.29. The van der Waals surface area contributed by atoms with Gasteiger partial charge in [0.1, 0.15) is 19.0 Å². The lowest BCUT2D eigenvalue weighted by Gasteiger charge is -2.20. The minimum atomic E-state index is -0.389. The van der Waals surface area contributed by atoms with E-state index in [1.54, 1.807) is 60.7 Å². The van der Waals surface area contributed by atoms with E-state index in [-0.39, 0.29) is 18.3 Å². The van der Waals surface area contributed by atoms with E-state index in [0.717, 1.165) is 0 Å². The molecule has 0 unspecified atom stereocenters. The van der Waals surface area contributed by atoms with Crippen molar-refractivity contribution in [1.82, 2.24) is 0 Å². The van der Waals surface area contributed by atoms with Gasteiger partial charge in [-0.25, -0.2) is 0 Å². The molecule has 3 aromatic carbocycles. The molecule has 0 bridgehead atoms. The van der Waals surface area contributed by atoms with Crippen molar-refractivity contribution >= 4 is 40.6 Å². The number of ketones is 1. The molecule has 1 aliphatic rings. The van der Waals surface area contributed by atoms with Crippen LogP contribution in [0.1, 0.15) is 15.9 Å². The van der Waals surface area contributed by atoms with E-state index < -0.39 is 0 Å². The molecule has 1 N–H and O–H groups in total. The summed E-state index contributed by atoms with van der Waals surface area (Å²) in [5.41, 5.74) is 1.44. The van der Waals surface area contributed by atoms with Crippen LogP contribution in [0.2, 0.25) is 10.0 Å². The van der Waals surface area contributed by atoms with Gasteiger partial charge in [-0.3, -0.25) is 9.59 Å². The molecule has 0 radical (unpaired) electrons. The van der Waals surface area contributed by atoms with Gasteiger partial charge in [0.25, 0.3) is 5.91 Å². The second-order valence-electron chi connectivity index (χ2n) is 6.67. The van der Waals surface area contributed by atoms with Crippen LogP contribution in [0.4, 0.5) is 5.69 Å². The molecular formula is C23H17Cl2NO5. The van der Waals surface area contributed by atoms with Crippen LogP contribution in [0.25, 0.3) is 0 Å². The Hall–Kier alpha value is -3.22. The third-order valence-corrected chi connectivity index (χ3v) is 5.06. The molecule has 1 heterocycles. The van der Waals surface area contributed by atoms with Crippen LogP contribution in [-0.2, 0) is 4.79 Å². The van der Waals surface area contributed by atoms with Crippen molar-refractivity contribution < 1.29 is 23.8 Å². The number of amides is 1. The Labute approximate surface area is 188 Å². The predicted octanol–water partition coefficient (Wildman–Crippen LogP) is 5.01. The van der Waals surface area contributed by atoms with Crippen molar-refractivity contribution in [2.75, 3.05) is 25.1 Å². The van der Waals surface area contributed by atoms with E-state index in [2.05, 4.69) is 5.32 Å². The van der Waals surface area contributed by atoms with Crippen molar-refractivity contribution in [3.63, 3.8) is 0 Å². The van der Waals surface area contributed by atoms with Crippen LogP contribution in [0.3, 0.4) is 0 Å². The first kappa shape index (κ1) is 21.0. The molecule has 0 aromatic heterocycles. The Bertz CT molecular complexity index is 1110. The Kier molecular flexibility index (Phi) is 6.30. The Morgan fingerprint density at radius 2 is 1.45 bits per heavy atom. The summed E-state index contributed by atoms with van der Waals surface area (Å²) in [7, 11) is 0. The van der Waals surface area contributed by atoms with Crippen LogP contribution >= 0.6 is 23.2 Å². The molecule has 1 amide bonds. The second kappa shape index (κ2) is 9.29. The molecule has 31 heavy (non-hydrogen) atoms. The second-order valence-corrected chi connectivity index (χ2v) is 7.52. The molecule has 158 valence electrons. The van der Waals surface area contributed by atoms with Crippen LogP contribution in [-0.4, -0.2) is 31.5 Å². The number of fused-ring (bicyclic) bond motifs is 1. The van der Waals surface area contributed by atoms with Gasteiger partial charge in [-0.1, -0.05) is 23.2 Å². The molecule has 0 atom stereocenters. The molecule has 0 aliphatic carbocycles. The summed E-state index contributed by atoms with van der Waals surface area (Å²) in [6, 6.07) is 16.4. The average molecular weight is 458 g/mol. The molecule has 1 aliphatic heterocycles. The summed E-state index contributed by atoms with van der Waals surface area (Å²) in [5, 5.41) is 3.59. The van der Waals surface area contributed by atoms with Gasteiger partial charge in [0.15, 0.2) is 23.9 Å². The quantitative estimate of drug-likeness (QED) is 0.526. The minimum Gasteiger partial charge on any atom is -0.486 e. The summed E-state index contributed by atoms with van der Waals surface area (Å²) < 4.78 is 16.5. The lowest BCUT2D eigenvalue weighted by Crippen LogP contribution is -2.21. The standard InChI is InChI=1S/C23H17Cl2NO5/c24-16-5-1-14(2-6-16)23(28)15-3-7-17(8-4-15)31-13-22(27)26-19-12-21-20(11-18(19)25)29-9-10-30-21/h1-8,11-12H,9-10,13H2,(H,26,27). The zero-order chi connectivity index (χ0) is 21.8. The van der Waals surface area contributed by atoms with Crippen molar-refractivity contribution in [1.29, 1.82) is 0 Å². The SMILES string of the molecule is O=C(COc1ccc(C(=O)c2ccc(Cl)cc2)cc1)Nc1cc2c(cc1Cl)OCCO2. The molecule has 3 aromatic rings. The highest BCUT2D eigenvalue weighted by Gasteiger charge is 2.17. The Balaban J connectivity index is 1.34. The van der Waals surface area contributed by atoms with Gasteiger partial charge in [-0.2, -0.15) is 0 Å². The van der Waals surface area contributed by atoms with E-state index in [9.17, 15) is 9.59 Å². The Morgan fingerprint density at radius 3 is 2.10 bits per heavy atom. The smallest absolute Gasteiger partial charge is 0.262 e. The summed E-state index contributed by atoms with van der Waals surface area (Å²) in [6.45, 7) is 0.657. The van der Waals surface area contributed by atoms with E-state index in [4.69, 9.17) is 37.4 Å². The largest absolute Gasteiger partial charge is 0.486 e. The maximum atomic E-state index is 12.5. The van der Waals surface area contributed by atoms with Crippen molar-refractivity contribution in [3.8, 4) is 17.2 Å². The topological polar surface area (TPSA) is 73.9 Å². The number of nitrogens with one attached hydrogen (secondary N) is 1. The molecule has 8 heteroatoms. The minimum absolute atomic E-state index is 0.130. The number of hydrogen-bond acceptors (Lipinski definition) is 5. The van der Waals surface area contributed by atoms with Crippen LogP contribution in [0.15, 0.2) is 60.7 Å². The van der Waals surface area contributed by atoms with Gasteiger partial charge in [0, 0.05) is 28.3 Å². The lowest BCUT2D eigenvalue weighted by molar-refractivity contribution is -0.118. The van der Waals surface area contributed by atoms with Gasteiger partial charge in [0.2, 0.25) is 0 Å². The summed E-state index contributed by atoms with van der Waals surface area (Å²) >= 11 is 12.1. The van der Waals surface area contributed by atoms with Crippen LogP contribution in [0.5, 0.6) is 17.2 Å². The van der Waals surface area contributed by atoms with E-state index in [1.165, 1.54) is 0 Å². The molecular weight excluding hydrogens is 441 g/mol. The number of halogens is 2. The first-order valence-corrected chi connectivity index (χ1v) is 10.2. The monoisotopic (exact) mass is 457 g/mol. The maximum Gasteiger partial charge on any atom is 0.262 e. The third-order valence-electron chi connectivity index (χ3n) is 4.50. The van der Waals surface area contributed by atoms with Gasteiger partial charge < -0.3 is 19.5 Å². The highest BCUT2D eigenvalue weighted by molar-refractivity contribution is 6.34. The molecule has 4 rings (SSSR count). The van der Waals surface area contributed by atoms with Crippen molar-refractivity contribution in [3.05, 3.63) is 81.8 Å². The van der Waals surface area contributed by atoms with Crippen molar-refractivity contribution in [2.24, 2.45) is 0 Å². The fraction of sp³-hybridized carbons (Fsp3) is 0.130. The maximum absolute atomic E-state index is 12.5. The van der Waals surface area contributed by atoms with Gasteiger partial charge in [-0.05, 0) is 48.5 Å². The molecule has 0 fully saturated rings. The van der Waals surface area contributed by atoms with Crippen LogP contribution in [0, 0.1) is 0 Å². The normalized spacial score (nSPS) is 12.2. The highest BCUT2D eigenvalue weighted by Crippen LogP contribution is 2.37. The molecule has 6 nitrogen and oxygen atoms in total. The number of carbonyl (C=O) groups is 2. The van der Waals surface area contributed by atoms with Crippen LogP contribution < -0.4 is 19.5 Å².